The fourth-order valence-electron chi connectivity index (χ4n) is 2.59. The van der Waals surface area contributed by atoms with Crippen LogP contribution in [0.4, 0.5) is 5.69 Å². The smallest absolute Gasteiger partial charge is 0.259 e. The van der Waals surface area contributed by atoms with Crippen molar-refractivity contribution < 1.29 is 9.32 Å². The lowest BCUT2D eigenvalue weighted by Crippen LogP contribution is -2.27. The summed E-state index contributed by atoms with van der Waals surface area (Å²) < 4.78 is 6.51. The fraction of sp³-hybridized carbons (Fsp3) is 0.263. The fourth-order valence-corrected chi connectivity index (χ4v) is 2.59. The molecule has 1 amide bonds. The minimum absolute atomic E-state index is 0.102. The summed E-state index contributed by atoms with van der Waals surface area (Å²) in [5.74, 6) is 0.631. The van der Waals surface area contributed by atoms with Crippen LogP contribution in [0.1, 0.15) is 23.9 Å². The second-order valence-electron chi connectivity index (χ2n) is 6.12. The van der Waals surface area contributed by atoms with Crippen LogP contribution in [0.15, 0.2) is 45.8 Å². The zero-order valence-electron chi connectivity index (χ0n) is 14.9. The number of amides is 1. The topological polar surface area (TPSA) is 90.0 Å². The minimum Gasteiger partial charge on any atom is -0.334 e. The van der Waals surface area contributed by atoms with Crippen molar-refractivity contribution in [2.45, 2.75) is 33.7 Å². The SMILES string of the molecule is CCc1noc(-c2ccc(=O)n(CC(=O)Nc3ccc(C)cc3C)c2)n1. The van der Waals surface area contributed by atoms with Crippen LogP contribution >= 0.6 is 0 Å². The van der Waals surface area contributed by atoms with Crippen LogP contribution in [0.25, 0.3) is 11.5 Å². The molecular formula is C19H20N4O3. The summed E-state index contributed by atoms with van der Waals surface area (Å²) in [4.78, 5) is 28.7. The van der Waals surface area contributed by atoms with Gasteiger partial charge in [0.05, 0.1) is 5.56 Å². The average Bonchev–Trinajstić information content (AvgIpc) is 3.08. The Morgan fingerprint density at radius 1 is 1.23 bits per heavy atom. The molecule has 2 heterocycles. The molecule has 3 rings (SSSR count). The molecule has 1 N–H and O–H groups in total. The van der Waals surface area contributed by atoms with Crippen LogP contribution in [-0.4, -0.2) is 20.6 Å². The predicted molar refractivity (Wildman–Crippen MR) is 97.9 cm³/mol. The van der Waals surface area contributed by atoms with Gasteiger partial charge in [-0.25, -0.2) is 0 Å². The Balaban J connectivity index is 1.79. The van der Waals surface area contributed by atoms with Crippen LogP contribution in [0.2, 0.25) is 0 Å². The Labute approximate surface area is 150 Å². The van der Waals surface area contributed by atoms with Crippen LogP contribution in [-0.2, 0) is 17.8 Å². The van der Waals surface area contributed by atoms with Gasteiger partial charge in [-0.15, -0.1) is 0 Å². The van der Waals surface area contributed by atoms with Crippen molar-refractivity contribution in [3.05, 3.63) is 63.8 Å². The van der Waals surface area contributed by atoms with E-state index in [0.717, 1.165) is 16.8 Å². The van der Waals surface area contributed by atoms with E-state index in [4.69, 9.17) is 4.52 Å². The van der Waals surface area contributed by atoms with Gasteiger partial charge in [-0.3, -0.25) is 9.59 Å². The molecule has 0 atom stereocenters. The standard InChI is InChI=1S/C19H20N4O3/c1-4-16-21-19(26-22-16)14-6-8-18(25)23(10-14)11-17(24)20-15-7-5-12(2)9-13(15)3/h5-10H,4,11H2,1-3H3,(H,20,24). The number of benzene rings is 1. The third kappa shape index (κ3) is 3.88. The van der Waals surface area contributed by atoms with Crippen molar-refractivity contribution in [3.8, 4) is 11.5 Å². The van der Waals surface area contributed by atoms with Crippen LogP contribution < -0.4 is 10.9 Å². The van der Waals surface area contributed by atoms with E-state index in [0.29, 0.717) is 23.7 Å². The molecule has 0 aliphatic carbocycles. The predicted octanol–water partition coefficient (Wildman–Crippen LogP) is 2.72. The minimum atomic E-state index is -0.282. The summed E-state index contributed by atoms with van der Waals surface area (Å²) in [7, 11) is 0. The third-order valence-electron chi connectivity index (χ3n) is 3.98. The highest BCUT2D eigenvalue weighted by Crippen LogP contribution is 2.17. The second-order valence-corrected chi connectivity index (χ2v) is 6.12. The zero-order valence-corrected chi connectivity index (χ0v) is 14.9. The maximum absolute atomic E-state index is 12.3. The highest BCUT2D eigenvalue weighted by atomic mass is 16.5. The van der Waals surface area contributed by atoms with Gasteiger partial charge in [-0.05, 0) is 31.5 Å². The molecular weight excluding hydrogens is 332 g/mol. The van der Waals surface area contributed by atoms with Crippen molar-refractivity contribution in [1.29, 1.82) is 0 Å². The number of hydrogen-bond donors (Lipinski definition) is 1. The molecule has 0 saturated carbocycles. The van der Waals surface area contributed by atoms with Crippen molar-refractivity contribution in [2.24, 2.45) is 0 Å². The number of nitrogens with one attached hydrogen (secondary N) is 1. The molecule has 0 saturated heterocycles. The molecule has 26 heavy (non-hydrogen) atoms. The molecule has 0 bridgehead atoms. The third-order valence-corrected chi connectivity index (χ3v) is 3.98. The maximum Gasteiger partial charge on any atom is 0.259 e. The van der Waals surface area contributed by atoms with Crippen molar-refractivity contribution in [2.75, 3.05) is 5.32 Å². The van der Waals surface area contributed by atoms with Crippen LogP contribution in [0.5, 0.6) is 0 Å². The van der Waals surface area contributed by atoms with Gasteiger partial charge in [-0.2, -0.15) is 4.98 Å². The maximum atomic E-state index is 12.3. The lowest BCUT2D eigenvalue weighted by molar-refractivity contribution is -0.116. The van der Waals surface area contributed by atoms with Crippen molar-refractivity contribution in [1.82, 2.24) is 14.7 Å². The van der Waals surface area contributed by atoms with E-state index in [2.05, 4.69) is 15.5 Å². The van der Waals surface area contributed by atoms with E-state index < -0.39 is 0 Å². The molecule has 0 radical (unpaired) electrons. The first-order chi connectivity index (χ1) is 12.5. The monoisotopic (exact) mass is 352 g/mol. The summed E-state index contributed by atoms with van der Waals surface area (Å²) in [5, 5.41) is 6.68. The number of carbonyl (C=O) groups excluding carboxylic acids is 1. The highest BCUT2D eigenvalue weighted by molar-refractivity contribution is 5.91. The molecule has 134 valence electrons. The molecule has 0 unspecified atom stereocenters. The number of anilines is 1. The first-order valence-electron chi connectivity index (χ1n) is 8.37. The molecule has 7 nitrogen and oxygen atoms in total. The van der Waals surface area contributed by atoms with Gasteiger partial charge in [0.15, 0.2) is 5.82 Å². The van der Waals surface area contributed by atoms with Crippen LogP contribution in [0.3, 0.4) is 0 Å². The largest absolute Gasteiger partial charge is 0.334 e. The van der Waals surface area contributed by atoms with Crippen molar-refractivity contribution in [3.63, 3.8) is 0 Å². The quantitative estimate of drug-likeness (QED) is 0.762. The summed E-state index contributed by atoms with van der Waals surface area (Å²) >= 11 is 0. The van der Waals surface area contributed by atoms with Gasteiger partial charge in [0, 0.05) is 24.4 Å². The Bertz CT molecular complexity index is 1000. The van der Waals surface area contributed by atoms with E-state index in [9.17, 15) is 9.59 Å². The van der Waals surface area contributed by atoms with Gasteiger partial charge < -0.3 is 14.4 Å². The van der Waals surface area contributed by atoms with E-state index in [1.165, 1.54) is 10.6 Å². The number of aryl methyl sites for hydroxylation is 3. The number of aromatic nitrogens is 3. The Hall–Kier alpha value is -3.22. The van der Waals surface area contributed by atoms with E-state index in [1.807, 2.05) is 39.0 Å². The normalized spacial score (nSPS) is 10.7. The van der Waals surface area contributed by atoms with Gasteiger partial charge in [0.25, 0.3) is 11.4 Å². The van der Waals surface area contributed by atoms with E-state index in [1.54, 1.807) is 12.3 Å². The first-order valence-corrected chi connectivity index (χ1v) is 8.37. The van der Waals surface area contributed by atoms with Gasteiger partial charge in [-0.1, -0.05) is 29.8 Å². The van der Waals surface area contributed by atoms with Gasteiger partial charge in [0.1, 0.15) is 6.54 Å². The molecule has 7 heteroatoms. The van der Waals surface area contributed by atoms with Gasteiger partial charge >= 0.3 is 0 Å². The average molecular weight is 352 g/mol. The lowest BCUT2D eigenvalue weighted by Gasteiger charge is -2.10. The second kappa shape index (κ2) is 7.35. The molecule has 0 spiro atoms. The summed E-state index contributed by atoms with van der Waals surface area (Å²) in [6.45, 7) is 5.74. The number of pyridine rings is 1. The van der Waals surface area contributed by atoms with Crippen LogP contribution in [0, 0.1) is 13.8 Å². The summed E-state index contributed by atoms with van der Waals surface area (Å²) in [6, 6.07) is 8.76. The highest BCUT2D eigenvalue weighted by Gasteiger charge is 2.12. The summed E-state index contributed by atoms with van der Waals surface area (Å²) in [5.41, 5.74) is 3.14. The number of nitrogens with zero attached hydrogens (tertiary/aromatic N) is 3. The molecule has 3 aromatic rings. The lowest BCUT2D eigenvalue weighted by atomic mass is 10.1. The Morgan fingerprint density at radius 2 is 2.04 bits per heavy atom. The molecule has 0 fully saturated rings. The number of carbonyl (C=O) groups is 1. The zero-order chi connectivity index (χ0) is 18.7. The molecule has 1 aromatic carbocycles. The Kier molecular flexibility index (Phi) is 4.97. The van der Waals surface area contributed by atoms with Gasteiger partial charge in [0.2, 0.25) is 5.91 Å². The van der Waals surface area contributed by atoms with E-state index >= 15 is 0 Å². The first kappa shape index (κ1) is 17.6. The molecule has 0 aliphatic heterocycles. The molecule has 0 aliphatic rings. The number of hydrogen-bond acceptors (Lipinski definition) is 5. The number of rotatable bonds is 5. The summed E-state index contributed by atoms with van der Waals surface area (Å²) in [6.07, 6.45) is 2.21. The molecule has 2 aromatic heterocycles. The Morgan fingerprint density at radius 3 is 2.73 bits per heavy atom. The van der Waals surface area contributed by atoms with E-state index in [-0.39, 0.29) is 18.0 Å². The van der Waals surface area contributed by atoms with Crippen molar-refractivity contribution >= 4 is 11.6 Å².